The van der Waals surface area contributed by atoms with E-state index in [0.29, 0.717) is 29.5 Å². The number of hydrogen-bond acceptors (Lipinski definition) is 8. The van der Waals surface area contributed by atoms with E-state index in [1.165, 1.54) is 17.3 Å². The lowest BCUT2D eigenvalue weighted by molar-refractivity contribution is 0.243. The molecule has 0 saturated carbocycles. The molecule has 42 heavy (non-hydrogen) atoms. The van der Waals surface area contributed by atoms with Gasteiger partial charge in [0.2, 0.25) is 5.95 Å². The summed E-state index contributed by atoms with van der Waals surface area (Å²) in [5, 5.41) is 9.82. The van der Waals surface area contributed by atoms with E-state index in [-0.39, 0.29) is 21.8 Å². The molecule has 3 N–H and O–H groups in total. The van der Waals surface area contributed by atoms with Crippen LogP contribution in [0.4, 0.5) is 23.1 Å². The zero-order chi connectivity index (χ0) is 30.6. The molecule has 2 heterocycles. The number of rotatable bonds is 11. The molecule has 1 aromatic heterocycles. The molecule has 1 aliphatic heterocycles. The first-order valence-electron chi connectivity index (χ1n) is 14.6. The molecule has 4 rings (SSSR count). The summed E-state index contributed by atoms with van der Waals surface area (Å²) in [7, 11) is -3.53. The van der Waals surface area contributed by atoms with Crippen molar-refractivity contribution in [2.45, 2.75) is 96.1 Å². The van der Waals surface area contributed by atoms with Gasteiger partial charge in [0, 0.05) is 12.1 Å². The first kappa shape index (κ1) is 31.8. The Bertz CT molecular complexity index is 1560. The average molecular weight is 612 g/mol. The Kier molecular flexibility index (Phi) is 10.2. The van der Waals surface area contributed by atoms with Gasteiger partial charge in [-0.2, -0.15) is 4.98 Å². The summed E-state index contributed by atoms with van der Waals surface area (Å²) < 4.78 is 32.2. The number of halogens is 1. The number of aromatic nitrogens is 2. The summed E-state index contributed by atoms with van der Waals surface area (Å²) >= 11 is 6.46. The lowest BCUT2D eigenvalue weighted by Gasteiger charge is -2.30. The van der Waals surface area contributed by atoms with Crippen molar-refractivity contribution in [1.29, 1.82) is 0 Å². The number of aryl methyl sites for hydroxylation is 1. The number of nitrogens with zero attached hydrogens (tertiary/aromatic N) is 2. The van der Waals surface area contributed by atoms with Crippen LogP contribution < -0.4 is 20.7 Å². The van der Waals surface area contributed by atoms with Gasteiger partial charge in [-0.25, -0.2) is 13.4 Å². The van der Waals surface area contributed by atoms with Gasteiger partial charge in [0.25, 0.3) is 0 Å². The highest BCUT2D eigenvalue weighted by atomic mass is 35.5. The molecule has 2 unspecified atom stereocenters. The normalized spacial score (nSPS) is 17.3. The minimum absolute atomic E-state index is 0.0438. The maximum Gasteiger partial charge on any atom is 0.229 e. The molecule has 0 fully saturated rings. The van der Waals surface area contributed by atoms with Gasteiger partial charge in [0.05, 0.1) is 33.8 Å². The van der Waals surface area contributed by atoms with Crippen molar-refractivity contribution in [2.75, 3.05) is 10.6 Å². The Labute approximate surface area is 255 Å². The van der Waals surface area contributed by atoms with E-state index in [4.69, 9.17) is 16.3 Å². The molecule has 0 bridgehead atoms. The van der Waals surface area contributed by atoms with Gasteiger partial charge in [-0.3, -0.25) is 0 Å². The predicted octanol–water partition coefficient (Wildman–Crippen LogP) is 7.83. The number of sulfone groups is 1. The number of hydrogen-bond donors (Lipinski definition) is 3. The molecule has 0 saturated heterocycles. The van der Waals surface area contributed by atoms with Gasteiger partial charge in [-0.1, -0.05) is 43.7 Å². The topological polar surface area (TPSA) is 105 Å². The van der Waals surface area contributed by atoms with Gasteiger partial charge in [0.1, 0.15) is 10.8 Å². The third-order valence-corrected chi connectivity index (χ3v) is 9.83. The molecule has 1 aliphatic rings. The Balaban J connectivity index is 1.69. The van der Waals surface area contributed by atoms with Crippen LogP contribution in [0.25, 0.3) is 5.57 Å². The fourth-order valence-electron chi connectivity index (χ4n) is 5.00. The van der Waals surface area contributed by atoms with E-state index in [2.05, 4.69) is 64.9 Å². The Morgan fingerprint density at radius 1 is 1.07 bits per heavy atom. The zero-order valence-corrected chi connectivity index (χ0v) is 27.0. The van der Waals surface area contributed by atoms with E-state index in [9.17, 15) is 8.42 Å². The van der Waals surface area contributed by atoms with Crippen LogP contribution in [0.2, 0.25) is 5.02 Å². The Morgan fingerprint density at radius 3 is 2.48 bits per heavy atom. The van der Waals surface area contributed by atoms with E-state index >= 15 is 0 Å². The number of anilines is 4. The zero-order valence-electron chi connectivity index (χ0n) is 25.5. The minimum Gasteiger partial charge on any atom is -0.489 e. The number of benzene rings is 2. The highest BCUT2D eigenvalue weighted by Gasteiger charge is 2.24. The monoisotopic (exact) mass is 611 g/mol. The molecule has 8 nitrogen and oxygen atoms in total. The van der Waals surface area contributed by atoms with E-state index in [0.717, 1.165) is 30.5 Å². The molecule has 2 atom stereocenters. The third-order valence-electron chi connectivity index (χ3n) is 7.34. The highest BCUT2D eigenvalue weighted by molar-refractivity contribution is 7.92. The molecule has 2 aromatic carbocycles. The lowest BCUT2D eigenvalue weighted by Crippen LogP contribution is -2.40. The summed E-state index contributed by atoms with van der Waals surface area (Å²) in [6.45, 7) is 13.8. The molecule has 10 heteroatoms. The molecular weight excluding hydrogens is 570 g/mol. The summed E-state index contributed by atoms with van der Waals surface area (Å²) in [5.41, 5.74) is 4.75. The first-order chi connectivity index (χ1) is 19.9. The fraction of sp³-hybridized carbons (Fsp3) is 0.438. The second kappa shape index (κ2) is 13.4. The summed E-state index contributed by atoms with van der Waals surface area (Å²) in [4.78, 5) is 9.18. The van der Waals surface area contributed by atoms with Gasteiger partial charge >= 0.3 is 0 Å². The average Bonchev–Trinajstić information content (AvgIpc) is 2.95. The maximum absolute atomic E-state index is 13.0. The Morgan fingerprint density at radius 2 is 1.81 bits per heavy atom. The number of nitrogens with one attached hydrogen (secondary N) is 3. The van der Waals surface area contributed by atoms with E-state index in [1.54, 1.807) is 38.1 Å². The van der Waals surface area contributed by atoms with Crippen molar-refractivity contribution >= 4 is 50.2 Å². The van der Waals surface area contributed by atoms with Crippen LogP contribution in [-0.2, 0) is 9.84 Å². The quantitative estimate of drug-likeness (QED) is 0.201. The van der Waals surface area contributed by atoms with Gasteiger partial charge < -0.3 is 20.7 Å². The molecular formula is C32H42ClN5O3S. The van der Waals surface area contributed by atoms with Gasteiger partial charge in [-0.05, 0) is 94.8 Å². The van der Waals surface area contributed by atoms with Gasteiger partial charge in [-0.15, -0.1) is 0 Å². The van der Waals surface area contributed by atoms with Crippen molar-refractivity contribution in [3.8, 4) is 5.75 Å². The molecule has 3 aromatic rings. The highest BCUT2D eigenvalue weighted by Crippen LogP contribution is 2.38. The van der Waals surface area contributed by atoms with Crippen molar-refractivity contribution in [2.24, 2.45) is 0 Å². The lowest BCUT2D eigenvalue weighted by atomic mass is 9.88. The standard InChI is InChI=1S/C32H42ClN5O3S/c1-8-23-15-22(16-24(9-2)35-23)25-17-29(41-19(3)4)28(14-21(25)7)37-32-34-18-26(33)31(38-32)36-27-12-10-11-13-30(27)42(39,40)20(5)6/h10-15,17-20,23-24,35H,8-9,16H2,1-7H3,(H2,34,36,37,38). The van der Waals surface area contributed by atoms with Crippen LogP contribution in [-0.4, -0.2) is 41.8 Å². The smallest absolute Gasteiger partial charge is 0.229 e. The Hall–Kier alpha value is -3.14. The predicted molar refractivity (Wildman–Crippen MR) is 173 cm³/mol. The van der Waals surface area contributed by atoms with Crippen LogP contribution in [0, 0.1) is 6.92 Å². The van der Waals surface area contributed by atoms with Crippen molar-refractivity contribution in [3.05, 3.63) is 64.8 Å². The molecule has 226 valence electrons. The minimum atomic E-state index is -3.53. The number of ether oxygens (including phenoxy) is 1. The molecule has 0 spiro atoms. The fourth-order valence-corrected chi connectivity index (χ4v) is 6.34. The summed E-state index contributed by atoms with van der Waals surface area (Å²) in [6, 6.07) is 11.7. The summed E-state index contributed by atoms with van der Waals surface area (Å²) in [5.74, 6) is 1.29. The molecule has 0 amide bonds. The van der Waals surface area contributed by atoms with Crippen LogP contribution in [0.5, 0.6) is 5.75 Å². The largest absolute Gasteiger partial charge is 0.489 e. The van der Waals surface area contributed by atoms with Gasteiger partial charge in [0.15, 0.2) is 15.7 Å². The molecule has 0 aliphatic carbocycles. The van der Waals surface area contributed by atoms with Crippen molar-refractivity contribution < 1.29 is 13.2 Å². The second-order valence-electron chi connectivity index (χ2n) is 11.2. The van der Waals surface area contributed by atoms with Crippen molar-refractivity contribution in [1.82, 2.24) is 15.3 Å². The molecule has 0 radical (unpaired) electrons. The van der Waals surface area contributed by atoms with Crippen LogP contribution in [0.15, 0.2) is 53.6 Å². The van der Waals surface area contributed by atoms with Crippen LogP contribution in [0.1, 0.15) is 71.9 Å². The second-order valence-corrected chi connectivity index (χ2v) is 14.1. The third kappa shape index (κ3) is 7.25. The van der Waals surface area contributed by atoms with E-state index in [1.807, 2.05) is 13.8 Å². The van der Waals surface area contributed by atoms with Crippen LogP contribution >= 0.6 is 11.6 Å². The number of para-hydroxylation sites is 1. The SMILES string of the molecule is CCC1C=C(c2cc(OC(C)C)c(Nc3ncc(Cl)c(Nc4ccccc4S(=O)(=O)C(C)C)n3)cc2C)CC(CC)N1. The maximum atomic E-state index is 13.0. The van der Waals surface area contributed by atoms with Crippen LogP contribution in [0.3, 0.4) is 0 Å². The first-order valence-corrected chi connectivity index (χ1v) is 16.5. The van der Waals surface area contributed by atoms with E-state index < -0.39 is 15.1 Å². The van der Waals surface area contributed by atoms with Crippen molar-refractivity contribution in [3.63, 3.8) is 0 Å². The summed E-state index contributed by atoms with van der Waals surface area (Å²) in [6.07, 6.45) is 6.85.